The summed E-state index contributed by atoms with van der Waals surface area (Å²) < 4.78 is 5.06. The largest absolute Gasteiger partial charge is 0.473 e. The number of rotatable bonds is 2. The molecule has 1 aromatic heterocycles. The normalized spacial score (nSPS) is 12.6. The molecule has 5 heteroatoms. The lowest BCUT2D eigenvalue weighted by molar-refractivity contribution is 0.228. The van der Waals surface area contributed by atoms with Crippen molar-refractivity contribution in [3.05, 3.63) is 17.7 Å². The number of aromatic nitrogens is 2. The van der Waals surface area contributed by atoms with Gasteiger partial charge in [0.15, 0.2) is 5.75 Å². The van der Waals surface area contributed by atoms with Crippen molar-refractivity contribution in [2.24, 2.45) is 5.73 Å². The van der Waals surface area contributed by atoms with E-state index in [4.69, 9.17) is 22.1 Å². The molecule has 0 aliphatic carbocycles. The van der Waals surface area contributed by atoms with Gasteiger partial charge in [0, 0.05) is 0 Å². The second-order valence-corrected chi connectivity index (χ2v) is 2.35. The Morgan fingerprint density at radius 2 is 2.09 bits per heavy atom. The van der Waals surface area contributed by atoms with E-state index in [0.717, 1.165) is 0 Å². The molecule has 1 heterocycles. The molecule has 0 saturated heterocycles. The van der Waals surface area contributed by atoms with Crippen molar-refractivity contribution in [2.75, 3.05) is 0 Å². The number of ether oxygens (including phenoxy) is 1. The zero-order valence-electron chi connectivity index (χ0n) is 5.99. The smallest absolute Gasteiger partial charge is 0.222 e. The van der Waals surface area contributed by atoms with Gasteiger partial charge in [0.2, 0.25) is 5.28 Å². The highest BCUT2D eigenvalue weighted by molar-refractivity contribution is 6.28. The summed E-state index contributed by atoms with van der Waals surface area (Å²) in [5, 5.41) is 0.196. The Bertz CT molecular complexity index is 224. The van der Waals surface area contributed by atoms with Crippen LogP contribution in [0, 0.1) is 0 Å². The Hall–Kier alpha value is -0.870. The molecule has 0 spiro atoms. The zero-order valence-corrected chi connectivity index (χ0v) is 6.75. The average Bonchev–Trinajstić information content (AvgIpc) is 1.93. The van der Waals surface area contributed by atoms with Gasteiger partial charge >= 0.3 is 0 Å². The molecule has 4 nitrogen and oxygen atoms in total. The van der Waals surface area contributed by atoms with Gasteiger partial charge in [-0.15, -0.1) is 0 Å². The topological polar surface area (TPSA) is 61.0 Å². The van der Waals surface area contributed by atoms with E-state index in [0.29, 0.717) is 5.75 Å². The highest BCUT2D eigenvalue weighted by atomic mass is 35.5. The van der Waals surface area contributed by atoms with Crippen LogP contribution in [0.15, 0.2) is 12.4 Å². The van der Waals surface area contributed by atoms with Gasteiger partial charge in [0.1, 0.15) is 6.23 Å². The molecule has 0 saturated carbocycles. The first kappa shape index (κ1) is 8.23. The fourth-order valence-corrected chi connectivity index (χ4v) is 0.674. The van der Waals surface area contributed by atoms with E-state index in [2.05, 4.69) is 9.97 Å². The van der Waals surface area contributed by atoms with E-state index in [1.165, 1.54) is 12.4 Å². The average molecular weight is 174 g/mol. The predicted molar refractivity (Wildman–Crippen MR) is 41.3 cm³/mol. The van der Waals surface area contributed by atoms with Crippen LogP contribution in [0.3, 0.4) is 0 Å². The zero-order chi connectivity index (χ0) is 8.27. The number of nitrogens with two attached hydrogens (primary N) is 1. The quantitative estimate of drug-likeness (QED) is 0.531. The van der Waals surface area contributed by atoms with Gasteiger partial charge in [-0.1, -0.05) is 0 Å². The van der Waals surface area contributed by atoms with E-state index in [1.54, 1.807) is 6.92 Å². The summed E-state index contributed by atoms with van der Waals surface area (Å²) >= 11 is 5.44. The van der Waals surface area contributed by atoms with Gasteiger partial charge in [-0.05, 0) is 18.5 Å². The third kappa shape index (κ3) is 2.69. The first-order chi connectivity index (χ1) is 5.18. The van der Waals surface area contributed by atoms with Crippen LogP contribution in [0.4, 0.5) is 0 Å². The number of halogens is 1. The first-order valence-electron chi connectivity index (χ1n) is 3.08. The van der Waals surface area contributed by atoms with E-state index < -0.39 is 0 Å². The third-order valence-electron chi connectivity index (χ3n) is 0.919. The van der Waals surface area contributed by atoms with Crippen molar-refractivity contribution in [2.45, 2.75) is 13.2 Å². The van der Waals surface area contributed by atoms with Gasteiger partial charge in [0.05, 0.1) is 12.4 Å². The van der Waals surface area contributed by atoms with Crippen LogP contribution in [0.5, 0.6) is 5.75 Å². The molecular weight excluding hydrogens is 166 g/mol. The summed E-state index contributed by atoms with van der Waals surface area (Å²) in [5.74, 6) is 0.518. The lowest BCUT2D eigenvalue weighted by atomic mass is 10.6. The van der Waals surface area contributed by atoms with Crippen LogP contribution in [-0.2, 0) is 0 Å². The second-order valence-electron chi connectivity index (χ2n) is 2.01. The van der Waals surface area contributed by atoms with Gasteiger partial charge in [-0.25, -0.2) is 9.97 Å². The Kier molecular flexibility index (Phi) is 2.62. The van der Waals surface area contributed by atoms with Crippen LogP contribution in [-0.4, -0.2) is 16.2 Å². The Labute approximate surface area is 69.4 Å². The lowest BCUT2D eigenvalue weighted by Gasteiger charge is -2.07. The minimum absolute atomic E-state index is 0.196. The molecular formula is C6H8ClN3O. The van der Waals surface area contributed by atoms with E-state index in [1.807, 2.05) is 0 Å². The molecule has 2 N–H and O–H groups in total. The summed E-state index contributed by atoms with van der Waals surface area (Å²) in [4.78, 5) is 7.41. The van der Waals surface area contributed by atoms with Crippen molar-refractivity contribution in [3.63, 3.8) is 0 Å². The van der Waals surface area contributed by atoms with Gasteiger partial charge in [-0.2, -0.15) is 0 Å². The summed E-state index contributed by atoms with van der Waals surface area (Å²) in [6, 6.07) is 0. The van der Waals surface area contributed by atoms with Crippen LogP contribution < -0.4 is 10.5 Å². The van der Waals surface area contributed by atoms with Gasteiger partial charge in [-0.3, -0.25) is 5.73 Å². The Morgan fingerprint density at radius 1 is 1.55 bits per heavy atom. The molecule has 0 aliphatic rings. The molecule has 0 radical (unpaired) electrons. The second kappa shape index (κ2) is 3.50. The third-order valence-corrected chi connectivity index (χ3v) is 1.11. The standard InChI is InChI=1S/C6H8ClN3O/c1-4(8)11-5-2-9-6(7)10-3-5/h2-4H,8H2,1H3. The van der Waals surface area contributed by atoms with E-state index in [-0.39, 0.29) is 11.5 Å². The number of nitrogens with zero attached hydrogens (tertiary/aromatic N) is 2. The minimum atomic E-state index is -0.361. The molecule has 0 fully saturated rings. The molecule has 60 valence electrons. The molecule has 0 bridgehead atoms. The molecule has 1 aromatic rings. The van der Waals surface area contributed by atoms with Crippen molar-refractivity contribution in [1.82, 2.24) is 9.97 Å². The lowest BCUT2D eigenvalue weighted by Crippen LogP contribution is -2.22. The number of hydrogen-bond acceptors (Lipinski definition) is 4. The van der Waals surface area contributed by atoms with Crippen LogP contribution >= 0.6 is 11.6 Å². The highest BCUT2D eigenvalue weighted by Gasteiger charge is 1.97. The summed E-state index contributed by atoms with van der Waals surface area (Å²) in [6.07, 6.45) is 2.58. The van der Waals surface area contributed by atoms with Gasteiger partial charge in [0.25, 0.3) is 0 Å². The minimum Gasteiger partial charge on any atom is -0.473 e. The first-order valence-corrected chi connectivity index (χ1v) is 3.46. The monoisotopic (exact) mass is 173 g/mol. The van der Waals surface area contributed by atoms with E-state index in [9.17, 15) is 0 Å². The van der Waals surface area contributed by atoms with E-state index >= 15 is 0 Å². The van der Waals surface area contributed by atoms with Gasteiger partial charge < -0.3 is 4.74 Å². The van der Waals surface area contributed by atoms with Crippen molar-refractivity contribution in [1.29, 1.82) is 0 Å². The molecule has 1 unspecified atom stereocenters. The molecule has 0 aromatic carbocycles. The molecule has 0 aliphatic heterocycles. The summed E-state index contributed by atoms with van der Waals surface area (Å²) in [6.45, 7) is 1.72. The Morgan fingerprint density at radius 3 is 2.55 bits per heavy atom. The summed E-state index contributed by atoms with van der Waals surface area (Å²) in [7, 11) is 0. The maximum atomic E-state index is 5.44. The van der Waals surface area contributed by atoms with Crippen molar-refractivity contribution < 1.29 is 4.74 Å². The van der Waals surface area contributed by atoms with Crippen LogP contribution in [0.1, 0.15) is 6.92 Å². The van der Waals surface area contributed by atoms with Crippen molar-refractivity contribution in [3.8, 4) is 5.75 Å². The van der Waals surface area contributed by atoms with Crippen molar-refractivity contribution >= 4 is 11.6 Å². The maximum absolute atomic E-state index is 5.44. The molecule has 1 atom stereocenters. The molecule has 11 heavy (non-hydrogen) atoms. The highest BCUT2D eigenvalue weighted by Crippen LogP contribution is 2.08. The Balaban J connectivity index is 2.66. The molecule has 1 rings (SSSR count). The maximum Gasteiger partial charge on any atom is 0.222 e. The van der Waals surface area contributed by atoms with Crippen LogP contribution in [0.25, 0.3) is 0 Å². The fourth-order valence-electron chi connectivity index (χ4n) is 0.576. The number of hydrogen-bond donors (Lipinski definition) is 1. The SMILES string of the molecule is CC(N)Oc1cnc(Cl)nc1. The molecule has 0 amide bonds. The fraction of sp³-hybridized carbons (Fsp3) is 0.333. The van der Waals surface area contributed by atoms with Crippen LogP contribution in [0.2, 0.25) is 5.28 Å². The predicted octanol–water partition coefficient (Wildman–Crippen LogP) is 0.814. The summed E-state index contributed by atoms with van der Waals surface area (Å²) in [5.41, 5.74) is 5.35.